The van der Waals surface area contributed by atoms with Crippen LogP contribution in [0.4, 0.5) is 5.69 Å². The van der Waals surface area contributed by atoms with Crippen LogP contribution in [0.5, 0.6) is 11.5 Å². The van der Waals surface area contributed by atoms with Crippen molar-refractivity contribution in [2.24, 2.45) is 0 Å². The van der Waals surface area contributed by atoms with Gasteiger partial charge in [0.25, 0.3) is 15.9 Å². The minimum absolute atomic E-state index is 0.0259. The summed E-state index contributed by atoms with van der Waals surface area (Å²) in [5.41, 5.74) is 0.601. The molecule has 0 saturated heterocycles. The summed E-state index contributed by atoms with van der Waals surface area (Å²) in [6, 6.07) is 21.9. The average molecular weight is 596 g/mol. The van der Waals surface area contributed by atoms with Gasteiger partial charge in [0.05, 0.1) is 21.2 Å². The molecule has 4 aromatic carbocycles. The summed E-state index contributed by atoms with van der Waals surface area (Å²) in [5, 5.41) is 4.15. The van der Waals surface area contributed by atoms with Crippen molar-refractivity contribution in [1.82, 2.24) is 5.32 Å². The smallest absolute Gasteiger partial charge is 0.261 e. The van der Waals surface area contributed by atoms with Gasteiger partial charge in [-0.1, -0.05) is 64.6 Å². The second kappa shape index (κ2) is 11.6. The van der Waals surface area contributed by atoms with E-state index >= 15 is 0 Å². The molecule has 37 heavy (non-hydrogen) atoms. The molecule has 0 heterocycles. The molecule has 0 radical (unpaired) electrons. The predicted molar refractivity (Wildman–Crippen MR) is 148 cm³/mol. The third-order valence-electron chi connectivity index (χ3n) is 5.16. The van der Waals surface area contributed by atoms with E-state index in [1.807, 2.05) is 0 Å². The lowest BCUT2D eigenvalue weighted by Gasteiger charge is -2.14. The standard InChI is InChI=1S/C26H18Cl4N2O4S/c27-16-8-13-24(19(14-16)26(33)31-15-20-21(28)5-3-6-22(20)29)32-37(34,35)18-11-9-17(10-12-18)36-25-7-2-1-4-23(25)30/h1-14,32H,15H2,(H,31,33). The van der Waals surface area contributed by atoms with E-state index in [4.69, 9.17) is 51.1 Å². The van der Waals surface area contributed by atoms with Crippen molar-refractivity contribution in [2.75, 3.05) is 4.72 Å². The molecule has 2 N–H and O–H groups in total. The molecule has 6 nitrogen and oxygen atoms in total. The molecule has 1 amide bonds. The molecule has 0 aliphatic carbocycles. The van der Waals surface area contributed by atoms with Gasteiger partial charge in [0.2, 0.25) is 0 Å². The molecule has 0 saturated carbocycles. The predicted octanol–water partition coefficient (Wildman–Crippen LogP) is 7.82. The highest BCUT2D eigenvalue weighted by molar-refractivity contribution is 7.92. The van der Waals surface area contributed by atoms with Crippen LogP contribution in [-0.2, 0) is 16.6 Å². The van der Waals surface area contributed by atoms with E-state index in [0.717, 1.165) is 0 Å². The van der Waals surface area contributed by atoms with Crippen LogP contribution in [0.1, 0.15) is 15.9 Å². The molecule has 0 bridgehead atoms. The highest BCUT2D eigenvalue weighted by atomic mass is 35.5. The molecule has 0 fully saturated rings. The molecule has 190 valence electrons. The number of halogens is 4. The largest absolute Gasteiger partial charge is 0.456 e. The van der Waals surface area contributed by atoms with E-state index in [1.54, 1.807) is 42.5 Å². The summed E-state index contributed by atoms with van der Waals surface area (Å²) >= 11 is 24.5. The summed E-state index contributed by atoms with van der Waals surface area (Å²) < 4.78 is 34.3. The van der Waals surface area contributed by atoms with Crippen LogP contribution in [0.2, 0.25) is 20.1 Å². The van der Waals surface area contributed by atoms with Crippen molar-refractivity contribution >= 4 is 68.0 Å². The number of ether oxygens (including phenoxy) is 1. The Bertz CT molecular complexity index is 1540. The molecule has 0 spiro atoms. The Kier molecular flexibility index (Phi) is 8.52. The van der Waals surface area contributed by atoms with Crippen molar-refractivity contribution in [3.05, 3.63) is 116 Å². The molecule has 4 aromatic rings. The second-order valence-electron chi connectivity index (χ2n) is 7.68. The molecule has 4 rings (SSSR count). The summed E-state index contributed by atoms with van der Waals surface area (Å²) in [5.74, 6) is 0.268. The summed E-state index contributed by atoms with van der Waals surface area (Å²) in [6.07, 6.45) is 0. The molecule has 0 unspecified atom stereocenters. The Hall–Kier alpha value is -2.94. The molecule has 0 aliphatic rings. The third-order valence-corrected chi connectivity index (χ3v) is 7.79. The lowest BCUT2D eigenvalue weighted by atomic mass is 10.1. The van der Waals surface area contributed by atoms with Crippen LogP contribution in [0.3, 0.4) is 0 Å². The Balaban J connectivity index is 1.52. The number of rotatable bonds is 8. The Morgan fingerprint density at radius 3 is 2.11 bits per heavy atom. The Labute approximate surface area is 234 Å². The summed E-state index contributed by atoms with van der Waals surface area (Å²) in [6.45, 7) is 0.0307. The van der Waals surface area contributed by atoms with Gasteiger partial charge < -0.3 is 10.1 Å². The van der Waals surface area contributed by atoms with Crippen LogP contribution in [-0.4, -0.2) is 14.3 Å². The number of benzene rings is 4. The van der Waals surface area contributed by atoms with E-state index in [0.29, 0.717) is 32.1 Å². The van der Waals surface area contributed by atoms with Gasteiger partial charge in [-0.3, -0.25) is 9.52 Å². The number of nitrogens with one attached hydrogen (secondary N) is 2. The maximum atomic E-state index is 13.1. The third kappa shape index (κ3) is 6.69. The molecular weight excluding hydrogens is 578 g/mol. The quantitative estimate of drug-likeness (QED) is 0.217. The van der Waals surface area contributed by atoms with Gasteiger partial charge >= 0.3 is 0 Å². The van der Waals surface area contributed by atoms with Crippen molar-refractivity contribution in [2.45, 2.75) is 11.4 Å². The number of anilines is 1. The first-order valence-electron chi connectivity index (χ1n) is 10.7. The topological polar surface area (TPSA) is 84.5 Å². The summed E-state index contributed by atoms with van der Waals surface area (Å²) in [4.78, 5) is 12.9. The van der Waals surface area contributed by atoms with E-state index < -0.39 is 15.9 Å². The normalized spacial score (nSPS) is 11.1. The average Bonchev–Trinajstić information content (AvgIpc) is 2.86. The minimum atomic E-state index is -4.06. The monoisotopic (exact) mass is 594 g/mol. The zero-order valence-corrected chi connectivity index (χ0v) is 22.7. The van der Waals surface area contributed by atoms with Crippen molar-refractivity contribution in [3.8, 4) is 11.5 Å². The van der Waals surface area contributed by atoms with E-state index in [1.165, 1.54) is 42.5 Å². The lowest BCUT2D eigenvalue weighted by molar-refractivity contribution is 0.0952. The zero-order chi connectivity index (χ0) is 26.6. The minimum Gasteiger partial charge on any atom is -0.456 e. The molecule has 0 aliphatic heterocycles. The van der Waals surface area contributed by atoms with Crippen molar-refractivity contribution in [1.29, 1.82) is 0 Å². The second-order valence-corrected chi connectivity index (χ2v) is 11.0. The fourth-order valence-corrected chi connectivity index (χ4v) is 5.26. The zero-order valence-electron chi connectivity index (χ0n) is 18.8. The van der Waals surface area contributed by atoms with Crippen molar-refractivity contribution < 1.29 is 17.9 Å². The Morgan fingerprint density at radius 1 is 0.784 bits per heavy atom. The van der Waals surface area contributed by atoms with E-state index in [2.05, 4.69) is 10.0 Å². The number of sulfonamides is 1. The van der Waals surface area contributed by atoms with Gasteiger partial charge in [0.1, 0.15) is 11.5 Å². The Morgan fingerprint density at radius 2 is 1.43 bits per heavy atom. The van der Waals surface area contributed by atoms with Crippen molar-refractivity contribution in [3.63, 3.8) is 0 Å². The van der Waals surface area contributed by atoms with Gasteiger partial charge in [-0.05, 0) is 66.7 Å². The number of carbonyl (C=O) groups is 1. The molecule has 0 aromatic heterocycles. The van der Waals surface area contributed by atoms with Crippen LogP contribution in [0.15, 0.2) is 89.8 Å². The number of hydrogen-bond donors (Lipinski definition) is 2. The van der Waals surface area contributed by atoms with E-state index in [9.17, 15) is 13.2 Å². The van der Waals surface area contributed by atoms with Crippen LogP contribution in [0, 0.1) is 0 Å². The van der Waals surface area contributed by atoms with Crippen LogP contribution < -0.4 is 14.8 Å². The number of amides is 1. The fourth-order valence-electron chi connectivity index (χ4n) is 3.30. The SMILES string of the molecule is O=C(NCc1c(Cl)cccc1Cl)c1cc(Cl)ccc1NS(=O)(=O)c1ccc(Oc2ccccc2Cl)cc1. The van der Waals surface area contributed by atoms with Crippen LogP contribution >= 0.6 is 46.4 Å². The first-order valence-corrected chi connectivity index (χ1v) is 13.7. The maximum absolute atomic E-state index is 13.1. The highest BCUT2D eigenvalue weighted by Crippen LogP contribution is 2.30. The summed E-state index contributed by atoms with van der Waals surface area (Å²) in [7, 11) is -4.06. The maximum Gasteiger partial charge on any atom is 0.261 e. The van der Waals surface area contributed by atoms with Crippen LogP contribution in [0.25, 0.3) is 0 Å². The first kappa shape index (κ1) is 27.1. The van der Waals surface area contributed by atoms with Gasteiger partial charge in [-0.2, -0.15) is 0 Å². The number of para-hydroxylation sites is 1. The van der Waals surface area contributed by atoms with E-state index in [-0.39, 0.29) is 27.7 Å². The van der Waals surface area contributed by atoms with Gasteiger partial charge in [0, 0.05) is 27.2 Å². The molecule has 11 heteroatoms. The number of hydrogen-bond acceptors (Lipinski definition) is 4. The fraction of sp³-hybridized carbons (Fsp3) is 0.0385. The highest BCUT2D eigenvalue weighted by Gasteiger charge is 2.20. The lowest BCUT2D eigenvalue weighted by Crippen LogP contribution is -2.25. The number of carbonyl (C=O) groups excluding carboxylic acids is 1. The first-order chi connectivity index (χ1) is 17.6. The van der Waals surface area contributed by atoms with Gasteiger partial charge in [-0.25, -0.2) is 8.42 Å². The van der Waals surface area contributed by atoms with Gasteiger partial charge in [-0.15, -0.1) is 0 Å². The molecule has 0 atom stereocenters. The van der Waals surface area contributed by atoms with Gasteiger partial charge in [0.15, 0.2) is 0 Å². The molecular formula is C26H18Cl4N2O4S.